The predicted octanol–water partition coefficient (Wildman–Crippen LogP) is 4.30. The number of epoxide rings is 1. The smallest absolute Gasteiger partial charge is 0.382 e. The Labute approximate surface area is 198 Å². The van der Waals surface area contributed by atoms with E-state index in [0.29, 0.717) is 29.3 Å². The van der Waals surface area contributed by atoms with Crippen LogP contribution >= 0.6 is 11.6 Å². The summed E-state index contributed by atoms with van der Waals surface area (Å²) in [5.74, 6) is 0.680. The molecular formula is C22H24ClF3N6O2. The predicted molar refractivity (Wildman–Crippen MR) is 119 cm³/mol. The molecule has 5 rings (SSSR count). The van der Waals surface area contributed by atoms with Crippen molar-refractivity contribution in [1.82, 2.24) is 24.8 Å². The molecule has 3 N–H and O–H groups in total. The van der Waals surface area contributed by atoms with E-state index in [0.717, 1.165) is 37.8 Å². The number of halogens is 4. The second-order valence-corrected chi connectivity index (χ2v) is 9.05. The highest BCUT2D eigenvalue weighted by Crippen LogP contribution is 2.35. The number of hydrogen-bond acceptors (Lipinski definition) is 7. The van der Waals surface area contributed by atoms with Gasteiger partial charge in [-0.3, -0.25) is 5.32 Å². The number of rotatable bonds is 7. The topological polar surface area (TPSA) is 103 Å². The molecule has 2 fully saturated rings. The first-order chi connectivity index (χ1) is 16.3. The van der Waals surface area contributed by atoms with E-state index in [1.807, 2.05) is 4.57 Å². The summed E-state index contributed by atoms with van der Waals surface area (Å²) in [6.07, 6.45) is 0.567. The molecule has 1 aliphatic carbocycles. The van der Waals surface area contributed by atoms with Gasteiger partial charge in [0.15, 0.2) is 24.0 Å². The largest absolute Gasteiger partial charge is 0.416 e. The molecule has 1 aromatic carbocycles. The normalized spacial score (nSPS) is 25.1. The lowest BCUT2D eigenvalue weighted by atomic mass is 9.86. The minimum Gasteiger partial charge on any atom is -0.382 e. The molecule has 0 radical (unpaired) electrons. The molecule has 8 nitrogen and oxygen atoms in total. The standard InChI is InChI=1S/C22H24ClF3N6O2/c23-21-30-17(27)16-18(31-21)32(11-29-16)15-6-4-12(5-7-15)10-33-20-19(34-20)28-9-13-2-1-3-14(8-13)22(24,25)26/h1-3,8,11-12,15,19-20,28H,4-7,9-10H2,(H2,27,30,31). The number of hydrogen-bond donors (Lipinski definition) is 2. The maximum absolute atomic E-state index is 12.8. The van der Waals surface area contributed by atoms with Crippen LogP contribution in [-0.2, 0) is 22.2 Å². The van der Waals surface area contributed by atoms with Gasteiger partial charge in [0.2, 0.25) is 5.28 Å². The summed E-state index contributed by atoms with van der Waals surface area (Å²) in [7, 11) is 0. The van der Waals surface area contributed by atoms with E-state index < -0.39 is 11.7 Å². The Balaban J connectivity index is 1.06. The molecule has 2 unspecified atom stereocenters. The summed E-state index contributed by atoms with van der Waals surface area (Å²) < 4.78 is 51.9. The highest BCUT2D eigenvalue weighted by Gasteiger charge is 2.40. The van der Waals surface area contributed by atoms with Gasteiger partial charge >= 0.3 is 6.18 Å². The molecule has 0 amide bonds. The highest BCUT2D eigenvalue weighted by atomic mass is 35.5. The van der Waals surface area contributed by atoms with Crippen molar-refractivity contribution in [3.8, 4) is 0 Å². The van der Waals surface area contributed by atoms with E-state index in [1.165, 1.54) is 6.07 Å². The first-order valence-corrected chi connectivity index (χ1v) is 11.5. The number of nitrogens with zero attached hydrogens (tertiary/aromatic N) is 4. The summed E-state index contributed by atoms with van der Waals surface area (Å²) >= 11 is 5.96. The molecule has 12 heteroatoms. The number of aromatic nitrogens is 4. The van der Waals surface area contributed by atoms with Gasteiger partial charge in [-0.1, -0.05) is 18.2 Å². The lowest BCUT2D eigenvalue weighted by Crippen LogP contribution is -2.24. The van der Waals surface area contributed by atoms with Crippen LogP contribution < -0.4 is 11.1 Å². The molecule has 1 aliphatic heterocycles. The minimum atomic E-state index is -4.35. The lowest BCUT2D eigenvalue weighted by molar-refractivity contribution is -0.137. The van der Waals surface area contributed by atoms with Gasteiger partial charge in [0.05, 0.1) is 18.5 Å². The van der Waals surface area contributed by atoms with Crippen LogP contribution in [0, 0.1) is 5.92 Å². The number of fused-ring (bicyclic) bond motifs is 1. The molecule has 2 aromatic heterocycles. The van der Waals surface area contributed by atoms with Crippen molar-refractivity contribution < 1.29 is 22.6 Å². The molecular weight excluding hydrogens is 473 g/mol. The number of imidazole rings is 1. The number of ether oxygens (including phenoxy) is 2. The Hall–Kier alpha value is -2.47. The third kappa shape index (κ3) is 5.12. The summed E-state index contributed by atoms with van der Waals surface area (Å²) in [6.45, 7) is 0.848. The SMILES string of the molecule is Nc1nc(Cl)nc2c1ncn2C1CCC(COC2OC2NCc2cccc(C(F)(F)F)c2)CC1. The highest BCUT2D eigenvalue weighted by molar-refractivity contribution is 6.28. The molecule has 3 heterocycles. The molecule has 0 bridgehead atoms. The van der Waals surface area contributed by atoms with Crippen molar-refractivity contribution in [1.29, 1.82) is 0 Å². The van der Waals surface area contributed by atoms with Crippen molar-refractivity contribution in [2.45, 2.75) is 57.0 Å². The second kappa shape index (κ2) is 9.29. The average Bonchev–Trinajstić information content (AvgIpc) is 3.43. The van der Waals surface area contributed by atoms with Crippen LogP contribution in [0.3, 0.4) is 0 Å². The number of benzene rings is 1. The van der Waals surface area contributed by atoms with Gasteiger partial charge in [-0.05, 0) is 54.8 Å². The van der Waals surface area contributed by atoms with E-state index in [2.05, 4.69) is 20.3 Å². The average molecular weight is 497 g/mol. The molecule has 3 aromatic rings. The number of nitrogens with one attached hydrogen (secondary N) is 1. The lowest BCUT2D eigenvalue weighted by Gasteiger charge is -2.29. The van der Waals surface area contributed by atoms with E-state index in [4.69, 9.17) is 26.8 Å². The van der Waals surface area contributed by atoms with Crippen molar-refractivity contribution in [3.05, 3.63) is 47.0 Å². The molecule has 182 valence electrons. The minimum absolute atomic E-state index is 0.106. The van der Waals surface area contributed by atoms with Gasteiger partial charge in [0, 0.05) is 12.6 Å². The summed E-state index contributed by atoms with van der Waals surface area (Å²) in [4.78, 5) is 12.6. The zero-order chi connectivity index (χ0) is 23.9. The zero-order valence-electron chi connectivity index (χ0n) is 18.1. The number of alkyl halides is 3. The molecule has 0 spiro atoms. The maximum Gasteiger partial charge on any atom is 0.416 e. The zero-order valence-corrected chi connectivity index (χ0v) is 18.9. The van der Waals surface area contributed by atoms with Crippen LogP contribution in [0.2, 0.25) is 5.28 Å². The van der Waals surface area contributed by atoms with Crippen LogP contribution in [0.4, 0.5) is 19.0 Å². The number of nitrogen functional groups attached to an aromatic ring is 1. The summed E-state index contributed by atoms with van der Waals surface area (Å²) in [6, 6.07) is 5.51. The monoisotopic (exact) mass is 496 g/mol. The van der Waals surface area contributed by atoms with Crippen molar-refractivity contribution in [3.63, 3.8) is 0 Å². The first-order valence-electron chi connectivity index (χ1n) is 11.1. The van der Waals surface area contributed by atoms with Crippen LogP contribution in [0.5, 0.6) is 0 Å². The van der Waals surface area contributed by atoms with Gasteiger partial charge in [0.1, 0.15) is 5.52 Å². The van der Waals surface area contributed by atoms with Crippen LogP contribution in [-0.4, -0.2) is 38.6 Å². The van der Waals surface area contributed by atoms with Crippen LogP contribution in [0.15, 0.2) is 30.6 Å². The molecule has 1 saturated carbocycles. The molecule has 34 heavy (non-hydrogen) atoms. The van der Waals surface area contributed by atoms with Gasteiger partial charge in [-0.15, -0.1) is 0 Å². The fourth-order valence-corrected chi connectivity index (χ4v) is 4.62. The Morgan fingerprint density at radius 2 is 2.00 bits per heavy atom. The quantitative estimate of drug-likeness (QED) is 0.371. The van der Waals surface area contributed by atoms with Crippen molar-refractivity contribution >= 4 is 28.6 Å². The van der Waals surface area contributed by atoms with Gasteiger partial charge in [0.25, 0.3) is 0 Å². The van der Waals surface area contributed by atoms with Crippen molar-refractivity contribution in [2.24, 2.45) is 5.92 Å². The maximum atomic E-state index is 12.8. The summed E-state index contributed by atoms with van der Waals surface area (Å²) in [5.41, 5.74) is 6.99. The Bertz CT molecular complexity index is 1170. The van der Waals surface area contributed by atoms with Gasteiger partial charge < -0.3 is 19.8 Å². The van der Waals surface area contributed by atoms with Gasteiger partial charge in [-0.25, -0.2) is 4.98 Å². The second-order valence-electron chi connectivity index (χ2n) is 8.71. The van der Waals surface area contributed by atoms with Crippen LogP contribution in [0.1, 0.15) is 42.9 Å². The van der Waals surface area contributed by atoms with Crippen LogP contribution in [0.25, 0.3) is 11.2 Å². The Kier molecular flexibility index (Phi) is 6.36. The summed E-state index contributed by atoms with van der Waals surface area (Å²) in [5, 5.41) is 3.19. The molecule has 1 saturated heterocycles. The molecule has 2 atom stereocenters. The number of anilines is 1. The first kappa shape index (κ1) is 23.3. The Morgan fingerprint density at radius 3 is 2.76 bits per heavy atom. The van der Waals surface area contributed by atoms with Crippen molar-refractivity contribution in [2.75, 3.05) is 12.3 Å². The molecule has 2 aliphatic rings. The fourth-order valence-electron chi connectivity index (χ4n) is 4.44. The van der Waals surface area contributed by atoms with E-state index in [-0.39, 0.29) is 36.2 Å². The number of nitrogens with two attached hydrogens (primary N) is 1. The Morgan fingerprint density at radius 1 is 1.21 bits per heavy atom. The third-order valence-corrected chi connectivity index (χ3v) is 6.51. The fraction of sp³-hybridized carbons (Fsp3) is 0.500. The van der Waals surface area contributed by atoms with E-state index in [9.17, 15) is 13.2 Å². The third-order valence-electron chi connectivity index (χ3n) is 6.34. The van der Waals surface area contributed by atoms with E-state index in [1.54, 1.807) is 12.4 Å². The van der Waals surface area contributed by atoms with Gasteiger partial charge in [-0.2, -0.15) is 23.1 Å². The van der Waals surface area contributed by atoms with E-state index >= 15 is 0 Å².